The summed E-state index contributed by atoms with van der Waals surface area (Å²) in [4.78, 5) is 35.9. The van der Waals surface area contributed by atoms with Gasteiger partial charge in [-0.3, -0.25) is 14.4 Å². The zero-order valence-corrected chi connectivity index (χ0v) is 22.5. The smallest absolute Gasteiger partial charge is 0.303 e. The van der Waals surface area contributed by atoms with Gasteiger partial charge in [-0.2, -0.15) is 0 Å². The number of aliphatic hydroxyl groups excluding tert-OH is 1. The van der Waals surface area contributed by atoms with E-state index in [0.29, 0.717) is 0 Å². The predicted molar refractivity (Wildman–Crippen MR) is 143 cm³/mol. The minimum absolute atomic E-state index is 0.210. The molecule has 1 N–H and O–H groups in total. The molecule has 0 saturated carbocycles. The van der Waals surface area contributed by atoms with Crippen molar-refractivity contribution in [3.05, 3.63) is 108 Å². The number of carbonyl (C=O) groups excluding carboxylic acids is 3. The molecule has 9 heteroatoms. The Labute approximate surface area is 232 Å². The predicted octanol–water partition coefficient (Wildman–Crippen LogP) is 3.51. The maximum absolute atomic E-state index is 12.1. The van der Waals surface area contributed by atoms with Gasteiger partial charge in [-0.25, -0.2) is 0 Å². The molecule has 1 aliphatic heterocycles. The average molecular weight is 549 g/mol. The van der Waals surface area contributed by atoms with E-state index < -0.39 is 54.2 Å². The Hall–Kier alpha value is -4.05. The van der Waals surface area contributed by atoms with Crippen LogP contribution in [0.5, 0.6) is 0 Å². The highest BCUT2D eigenvalue weighted by atomic mass is 16.7. The number of hydrogen-bond acceptors (Lipinski definition) is 9. The fourth-order valence-electron chi connectivity index (χ4n) is 4.98. The molecule has 210 valence electrons. The van der Waals surface area contributed by atoms with Gasteiger partial charge in [-0.05, 0) is 16.7 Å². The number of esters is 3. The van der Waals surface area contributed by atoms with Crippen LogP contribution in [0.2, 0.25) is 0 Å². The van der Waals surface area contributed by atoms with Gasteiger partial charge >= 0.3 is 17.9 Å². The van der Waals surface area contributed by atoms with Gasteiger partial charge in [-0.1, -0.05) is 91.0 Å². The Bertz CT molecular complexity index is 1180. The molecular formula is C31H32O9. The van der Waals surface area contributed by atoms with Gasteiger partial charge in [-0.15, -0.1) is 0 Å². The standard InChI is InChI=1S/C31H32O9/c1-20(32)37-27-26(40-30(35)29(39-22(3)34)28(27)38-21(2)33)19-36-31(23-13-7-4-8-14-23,24-15-9-5-10-16-24)25-17-11-6-12-18-25/h4-18,26-30,35H,19H2,1-3H3/t26?,27-,28?,29?,30-/m0/s1. The monoisotopic (exact) mass is 548 g/mol. The molecule has 9 nitrogen and oxygen atoms in total. The summed E-state index contributed by atoms with van der Waals surface area (Å²) in [5.41, 5.74) is 1.33. The third-order valence-electron chi connectivity index (χ3n) is 6.52. The number of hydrogen-bond donors (Lipinski definition) is 1. The van der Waals surface area contributed by atoms with Crippen molar-refractivity contribution in [2.45, 2.75) is 57.1 Å². The largest absolute Gasteiger partial charge is 0.456 e. The van der Waals surface area contributed by atoms with E-state index in [1.807, 2.05) is 91.0 Å². The highest BCUT2D eigenvalue weighted by Crippen LogP contribution is 2.41. The van der Waals surface area contributed by atoms with Gasteiger partial charge in [0.1, 0.15) is 11.7 Å². The van der Waals surface area contributed by atoms with E-state index in [1.165, 1.54) is 6.92 Å². The minimum atomic E-state index is -1.69. The van der Waals surface area contributed by atoms with Gasteiger partial charge in [0.2, 0.25) is 0 Å². The van der Waals surface area contributed by atoms with E-state index in [9.17, 15) is 19.5 Å². The Kier molecular flexibility index (Phi) is 9.31. The minimum Gasteiger partial charge on any atom is -0.456 e. The molecule has 40 heavy (non-hydrogen) atoms. The maximum atomic E-state index is 12.1. The first-order valence-corrected chi connectivity index (χ1v) is 12.9. The van der Waals surface area contributed by atoms with Crippen LogP contribution in [0.4, 0.5) is 0 Å². The van der Waals surface area contributed by atoms with Crippen LogP contribution in [-0.2, 0) is 43.7 Å². The molecule has 1 heterocycles. The Balaban J connectivity index is 1.79. The van der Waals surface area contributed by atoms with Gasteiger partial charge in [0, 0.05) is 20.8 Å². The van der Waals surface area contributed by atoms with Crippen molar-refractivity contribution in [1.29, 1.82) is 0 Å². The van der Waals surface area contributed by atoms with Crippen molar-refractivity contribution in [3.8, 4) is 0 Å². The Morgan fingerprint density at radius 3 is 1.43 bits per heavy atom. The summed E-state index contributed by atoms with van der Waals surface area (Å²) >= 11 is 0. The van der Waals surface area contributed by atoms with Crippen LogP contribution in [0.1, 0.15) is 37.5 Å². The maximum Gasteiger partial charge on any atom is 0.303 e. The molecule has 1 fully saturated rings. The van der Waals surface area contributed by atoms with Crippen LogP contribution >= 0.6 is 0 Å². The molecule has 3 aromatic carbocycles. The number of rotatable bonds is 9. The van der Waals surface area contributed by atoms with Crippen molar-refractivity contribution < 1.29 is 43.2 Å². The van der Waals surface area contributed by atoms with E-state index >= 15 is 0 Å². The molecule has 0 bridgehead atoms. The quantitative estimate of drug-likeness (QED) is 0.244. The summed E-state index contributed by atoms with van der Waals surface area (Å²) in [6.45, 7) is 3.28. The third kappa shape index (κ3) is 6.39. The Morgan fingerprint density at radius 2 is 1.02 bits per heavy atom. The first-order chi connectivity index (χ1) is 19.2. The summed E-state index contributed by atoms with van der Waals surface area (Å²) in [5.74, 6) is -2.15. The zero-order valence-electron chi connectivity index (χ0n) is 22.5. The van der Waals surface area contributed by atoms with Crippen molar-refractivity contribution >= 4 is 17.9 Å². The molecule has 3 unspecified atom stereocenters. The second-order valence-corrected chi connectivity index (χ2v) is 9.38. The van der Waals surface area contributed by atoms with Crippen LogP contribution in [0.25, 0.3) is 0 Å². The fourth-order valence-corrected chi connectivity index (χ4v) is 4.98. The normalized spacial score (nSPS) is 22.6. The average Bonchev–Trinajstić information content (AvgIpc) is 2.94. The molecule has 0 radical (unpaired) electrons. The van der Waals surface area contributed by atoms with Crippen LogP contribution in [0, 0.1) is 0 Å². The lowest BCUT2D eigenvalue weighted by atomic mass is 9.80. The molecule has 5 atom stereocenters. The molecule has 1 aliphatic rings. The van der Waals surface area contributed by atoms with Crippen LogP contribution < -0.4 is 0 Å². The summed E-state index contributed by atoms with van der Waals surface area (Å²) in [6, 6.07) is 28.8. The van der Waals surface area contributed by atoms with E-state index in [-0.39, 0.29) is 6.61 Å². The molecule has 1 saturated heterocycles. The van der Waals surface area contributed by atoms with Crippen molar-refractivity contribution in [2.75, 3.05) is 6.61 Å². The van der Waals surface area contributed by atoms with E-state index in [2.05, 4.69) is 0 Å². The van der Waals surface area contributed by atoms with Gasteiger partial charge in [0.25, 0.3) is 0 Å². The van der Waals surface area contributed by atoms with Gasteiger partial charge in [0.15, 0.2) is 24.6 Å². The lowest BCUT2D eigenvalue weighted by Gasteiger charge is -2.44. The summed E-state index contributed by atoms with van der Waals surface area (Å²) in [5, 5.41) is 10.8. The topological polar surface area (TPSA) is 118 Å². The zero-order chi connectivity index (χ0) is 28.7. The summed E-state index contributed by atoms with van der Waals surface area (Å²) < 4.78 is 28.8. The second-order valence-electron chi connectivity index (χ2n) is 9.38. The molecule has 0 aromatic heterocycles. The lowest BCUT2D eigenvalue weighted by Crippen LogP contribution is -2.62. The van der Waals surface area contributed by atoms with Crippen molar-refractivity contribution in [1.82, 2.24) is 0 Å². The van der Waals surface area contributed by atoms with Crippen molar-refractivity contribution in [3.63, 3.8) is 0 Å². The number of carbonyl (C=O) groups is 3. The fraction of sp³-hybridized carbons (Fsp3) is 0.323. The molecular weight excluding hydrogens is 516 g/mol. The van der Waals surface area contributed by atoms with Crippen LogP contribution in [0.3, 0.4) is 0 Å². The highest BCUT2D eigenvalue weighted by molar-refractivity contribution is 5.68. The third-order valence-corrected chi connectivity index (χ3v) is 6.52. The van der Waals surface area contributed by atoms with Crippen molar-refractivity contribution in [2.24, 2.45) is 0 Å². The molecule has 4 rings (SSSR count). The van der Waals surface area contributed by atoms with Gasteiger partial charge < -0.3 is 28.8 Å². The number of ether oxygens (including phenoxy) is 5. The number of benzene rings is 3. The van der Waals surface area contributed by atoms with Gasteiger partial charge in [0.05, 0.1) is 6.61 Å². The SMILES string of the molecule is CC(=O)OC1C(OC(C)=O)[C@@H](O)OC(COC(c2ccccc2)(c2ccccc2)c2ccccc2)[C@@H]1OC(C)=O. The van der Waals surface area contributed by atoms with E-state index in [4.69, 9.17) is 23.7 Å². The highest BCUT2D eigenvalue weighted by Gasteiger charge is 2.52. The summed E-state index contributed by atoms with van der Waals surface area (Å²) in [6.07, 6.45) is -6.82. The number of aliphatic hydroxyl groups is 1. The van der Waals surface area contributed by atoms with Crippen LogP contribution in [-0.4, -0.2) is 60.3 Å². The van der Waals surface area contributed by atoms with Crippen LogP contribution in [0.15, 0.2) is 91.0 Å². The molecule has 0 aliphatic carbocycles. The Morgan fingerprint density at radius 1 is 0.650 bits per heavy atom. The first-order valence-electron chi connectivity index (χ1n) is 12.9. The summed E-state index contributed by atoms with van der Waals surface area (Å²) in [7, 11) is 0. The molecule has 3 aromatic rings. The van der Waals surface area contributed by atoms with E-state index in [1.54, 1.807) is 0 Å². The second kappa shape index (κ2) is 12.9. The molecule has 0 spiro atoms. The lowest BCUT2D eigenvalue weighted by molar-refractivity contribution is -0.299. The first kappa shape index (κ1) is 28.9. The molecule has 0 amide bonds. The van der Waals surface area contributed by atoms with E-state index in [0.717, 1.165) is 30.5 Å².